The first-order valence-corrected chi connectivity index (χ1v) is 5.54. The van der Waals surface area contributed by atoms with Crippen LogP contribution < -0.4 is 16.8 Å². The van der Waals surface area contributed by atoms with Gasteiger partial charge in [0, 0.05) is 18.2 Å². The zero-order valence-electron chi connectivity index (χ0n) is 9.86. The standard InChI is InChI=1S/C11H16N4OS/c1-11(2,6-8(12)16)15-7-4-3-5-14-9(7)10(13)17/h3-5,15H,6H2,1-2H3,(H2,12,16)(H2,13,17). The summed E-state index contributed by atoms with van der Waals surface area (Å²) in [5.41, 5.74) is 11.5. The van der Waals surface area contributed by atoms with E-state index in [1.807, 2.05) is 19.9 Å². The Balaban J connectivity index is 2.95. The van der Waals surface area contributed by atoms with Crippen LogP contribution in [0.2, 0.25) is 0 Å². The molecule has 5 N–H and O–H groups in total. The normalized spacial score (nSPS) is 10.9. The lowest BCUT2D eigenvalue weighted by Crippen LogP contribution is -2.36. The molecule has 92 valence electrons. The third-order valence-corrected chi connectivity index (χ3v) is 2.32. The molecule has 0 saturated heterocycles. The number of hydrogen-bond acceptors (Lipinski definition) is 4. The van der Waals surface area contributed by atoms with Crippen molar-refractivity contribution in [2.24, 2.45) is 11.5 Å². The monoisotopic (exact) mass is 252 g/mol. The fraction of sp³-hybridized carbons (Fsp3) is 0.364. The molecule has 0 spiro atoms. The van der Waals surface area contributed by atoms with E-state index >= 15 is 0 Å². The van der Waals surface area contributed by atoms with E-state index in [0.29, 0.717) is 11.4 Å². The van der Waals surface area contributed by atoms with Crippen LogP contribution >= 0.6 is 12.2 Å². The molecule has 0 aliphatic carbocycles. The van der Waals surface area contributed by atoms with E-state index in [1.165, 1.54) is 0 Å². The Morgan fingerprint density at radius 2 is 2.18 bits per heavy atom. The van der Waals surface area contributed by atoms with Gasteiger partial charge in [0.1, 0.15) is 10.7 Å². The maximum absolute atomic E-state index is 10.9. The van der Waals surface area contributed by atoms with Crippen molar-refractivity contribution >= 4 is 28.8 Å². The van der Waals surface area contributed by atoms with Gasteiger partial charge in [0.05, 0.1) is 5.69 Å². The maximum atomic E-state index is 10.9. The highest BCUT2D eigenvalue weighted by molar-refractivity contribution is 7.80. The van der Waals surface area contributed by atoms with Crippen molar-refractivity contribution in [2.75, 3.05) is 5.32 Å². The van der Waals surface area contributed by atoms with E-state index in [1.54, 1.807) is 12.3 Å². The van der Waals surface area contributed by atoms with Crippen molar-refractivity contribution in [1.82, 2.24) is 4.98 Å². The lowest BCUT2D eigenvalue weighted by molar-refractivity contribution is -0.118. The average Bonchev–Trinajstić information content (AvgIpc) is 2.14. The van der Waals surface area contributed by atoms with Crippen molar-refractivity contribution in [3.63, 3.8) is 0 Å². The smallest absolute Gasteiger partial charge is 0.219 e. The molecule has 0 saturated carbocycles. The number of nitrogens with one attached hydrogen (secondary N) is 1. The number of thiocarbonyl (C=S) groups is 1. The van der Waals surface area contributed by atoms with Gasteiger partial charge in [-0.05, 0) is 26.0 Å². The molecular formula is C11H16N4OS. The molecule has 0 fully saturated rings. The van der Waals surface area contributed by atoms with Crippen molar-refractivity contribution in [1.29, 1.82) is 0 Å². The summed E-state index contributed by atoms with van der Waals surface area (Å²) in [7, 11) is 0. The van der Waals surface area contributed by atoms with Crippen LogP contribution in [0.15, 0.2) is 18.3 Å². The molecule has 17 heavy (non-hydrogen) atoms. The number of rotatable bonds is 5. The SMILES string of the molecule is CC(C)(CC(N)=O)Nc1cccnc1C(N)=S. The highest BCUT2D eigenvalue weighted by Crippen LogP contribution is 2.20. The van der Waals surface area contributed by atoms with Crippen LogP contribution in [0.1, 0.15) is 26.0 Å². The van der Waals surface area contributed by atoms with Crippen molar-refractivity contribution in [3.05, 3.63) is 24.0 Å². The third-order valence-electron chi connectivity index (χ3n) is 2.13. The van der Waals surface area contributed by atoms with Gasteiger partial charge in [-0.15, -0.1) is 0 Å². The van der Waals surface area contributed by atoms with E-state index in [0.717, 1.165) is 0 Å². The molecule has 1 aromatic rings. The van der Waals surface area contributed by atoms with Crippen molar-refractivity contribution in [2.45, 2.75) is 25.8 Å². The first-order chi connectivity index (χ1) is 7.82. The Labute approximate surface area is 106 Å². The second-order valence-corrected chi connectivity index (χ2v) is 4.86. The summed E-state index contributed by atoms with van der Waals surface area (Å²) < 4.78 is 0. The van der Waals surface area contributed by atoms with Crippen LogP contribution in [0.4, 0.5) is 5.69 Å². The summed E-state index contributed by atoms with van der Waals surface area (Å²) in [6, 6.07) is 3.58. The molecular weight excluding hydrogens is 236 g/mol. The third kappa shape index (κ3) is 3.99. The summed E-state index contributed by atoms with van der Waals surface area (Å²) in [4.78, 5) is 15.2. The van der Waals surface area contributed by atoms with E-state index < -0.39 is 5.54 Å². The van der Waals surface area contributed by atoms with Gasteiger partial charge in [-0.2, -0.15) is 0 Å². The Bertz CT molecular complexity index is 445. The van der Waals surface area contributed by atoms with Crippen LogP contribution in [-0.2, 0) is 4.79 Å². The molecule has 0 atom stereocenters. The quantitative estimate of drug-likeness (QED) is 0.673. The Hall–Kier alpha value is -1.69. The second kappa shape index (κ2) is 5.09. The first-order valence-electron chi connectivity index (χ1n) is 5.13. The first kappa shape index (κ1) is 13.4. The highest BCUT2D eigenvalue weighted by atomic mass is 32.1. The molecule has 1 amide bonds. The molecule has 1 heterocycles. The molecule has 0 unspecified atom stereocenters. The number of primary amides is 1. The second-order valence-electron chi connectivity index (χ2n) is 4.42. The molecule has 6 heteroatoms. The van der Waals surface area contributed by atoms with Gasteiger partial charge in [0.25, 0.3) is 0 Å². The fourth-order valence-corrected chi connectivity index (χ4v) is 1.71. The van der Waals surface area contributed by atoms with Gasteiger partial charge in [-0.25, -0.2) is 0 Å². The van der Waals surface area contributed by atoms with Crippen LogP contribution in [0.3, 0.4) is 0 Å². The number of nitrogens with zero attached hydrogens (tertiary/aromatic N) is 1. The number of anilines is 1. The molecule has 0 bridgehead atoms. The Morgan fingerprint density at radius 1 is 1.53 bits per heavy atom. The lowest BCUT2D eigenvalue weighted by atomic mass is 9.99. The van der Waals surface area contributed by atoms with Crippen molar-refractivity contribution in [3.8, 4) is 0 Å². The van der Waals surface area contributed by atoms with Crippen LogP contribution in [0, 0.1) is 0 Å². The van der Waals surface area contributed by atoms with Gasteiger partial charge >= 0.3 is 0 Å². The fourth-order valence-electron chi connectivity index (χ4n) is 1.55. The van der Waals surface area contributed by atoms with Crippen LogP contribution in [0.5, 0.6) is 0 Å². The predicted molar refractivity (Wildman–Crippen MR) is 71.6 cm³/mol. The molecule has 0 aliphatic rings. The molecule has 0 aliphatic heterocycles. The zero-order chi connectivity index (χ0) is 13.1. The van der Waals surface area contributed by atoms with Gasteiger partial charge in [-0.3, -0.25) is 9.78 Å². The number of hydrogen-bond donors (Lipinski definition) is 3. The minimum Gasteiger partial charge on any atom is -0.388 e. The minimum atomic E-state index is -0.478. The molecule has 1 rings (SSSR count). The number of pyridine rings is 1. The van der Waals surface area contributed by atoms with Gasteiger partial charge < -0.3 is 16.8 Å². The number of amides is 1. The van der Waals surface area contributed by atoms with E-state index in [9.17, 15) is 4.79 Å². The van der Waals surface area contributed by atoms with Crippen LogP contribution in [0.25, 0.3) is 0 Å². The lowest BCUT2D eigenvalue weighted by Gasteiger charge is -2.27. The van der Waals surface area contributed by atoms with E-state index in [2.05, 4.69) is 10.3 Å². The summed E-state index contributed by atoms with van der Waals surface area (Å²) in [5, 5.41) is 3.17. The number of carbonyl (C=O) groups is 1. The van der Waals surface area contributed by atoms with Crippen LogP contribution in [-0.4, -0.2) is 21.4 Å². The molecule has 5 nitrogen and oxygen atoms in total. The summed E-state index contributed by atoms with van der Waals surface area (Å²) in [6.45, 7) is 3.74. The Morgan fingerprint density at radius 3 is 2.71 bits per heavy atom. The minimum absolute atomic E-state index is 0.207. The number of aromatic nitrogens is 1. The van der Waals surface area contributed by atoms with E-state index in [-0.39, 0.29) is 17.3 Å². The largest absolute Gasteiger partial charge is 0.388 e. The summed E-state index contributed by atoms with van der Waals surface area (Å²) in [5.74, 6) is -0.372. The van der Waals surface area contributed by atoms with Gasteiger partial charge in [0.2, 0.25) is 5.91 Å². The average molecular weight is 252 g/mol. The predicted octanol–water partition coefficient (Wildman–Crippen LogP) is 0.782. The zero-order valence-corrected chi connectivity index (χ0v) is 10.7. The van der Waals surface area contributed by atoms with Gasteiger partial charge in [0.15, 0.2) is 0 Å². The van der Waals surface area contributed by atoms with Gasteiger partial charge in [-0.1, -0.05) is 12.2 Å². The van der Waals surface area contributed by atoms with Crippen molar-refractivity contribution < 1.29 is 4.79 Å². The Kier molecular flexibility index (Phi) is 4.01. The summed E-state index contributed by atoms with van der Waals surface area (Å²) in [6.07, 6.45) is 1.82. The molecule has 0 radical (unpaired) electrons. The maximum Gasteiger partial charge on any atom is 0.219 e. The highest BCUT2D eigenvalue weighted by Gasteiger charge is 2.22. The van der Waals surface area contributed by atoms with E-state index in [4.69, 9.17) is 23.7 Å². The summed E-state index contributed by atoms with van der Waals surface area (Å²) >= 11 is 4.91. The number of carbonyl (C=O) groups excluding carboxylic acids is 1. The number of nitrogens with two attached hydrogens (primary N) is 2. The molecule has 0 aromatic carbocycles. The molecule has 1 aromatic heterocycles. The topological polar surface area (TPSA) is 94.0 Å².